The topological polar surface area (TPSA) is 79.6 Å². The van der Waals surface area contributed by atoms with Crippen LogP contribution in [0.2, 0.25) is 0 Å². The van der Waals surface area contributed by atoms with Gasteiger partial charge in [-0.25, -0.2) is 12.7 Å². The summed E-state index contributed by atoms with van der Waals surface area (Å²) >= 11 is 0. The summed E-state index contributed by atoms with van der Waals surface area (Å²) < 4.78 is 31.6. The molecule has 7 heteroatoms. The Morgan fingerprint density at radius 2 is 1.86 bits per heavy atom. The second-order valence-corrected chi connectivity index (χ2v) is 9.87. The van der Waals surface area contributed by atoms with Crippen molar-refractivity contribution in [1.29, 1.82) is 0 Å². The van der Waals surface area contributed by atoms with E-state index in [9.17, 15) is 13.2 Å². The van der Waals surface area contributed by atoms with Crippen LogP contribution in [0, 0.1) is 6.92 Å². The summed E-state index contributed by atoms with van der Waals surface area (Å²) in [7, 11) is -0.609. The van der Waals surface area contributed by atoms with Crippen LogP contribution in [-0.2, 0) is 34.1 Å². The molecule has 0 radical (unpaired) electrons. The number of hydrogen-bond donors (Lipinski definition) is 1. The molecule has 0 spiro atoms. The van der Waals surface area contributed by atoms with E-state index in [1.54, 1.807) is 18.4 Å². The highest BCUT2D eigenvalue weighted by molar-refractivity contribution is 7.89. The number of carbonyl (C=O) groups is 1. The monoisotopic (exact) mass is 412 g/mol. The average molecular weight is 413 g/mol. The smallest absolute Gasteiger partial charge is 0.242 e. The van der Waals surface area contributed by atoms with Crippen molar-refractivity contribution in [3.63, 3.8) is 0 Å². The largest absolute Gasteiger partial charge is 0.464 e. The van der Waals surface area contributed by atoms with Crippen molar-refractivity contribution >= 4 is 32.6 Å². The quantitative estimate of drug-likeness (QED) is 0.694. The van der Waals surface area contributed by atoms with Crippen molar-refractivity contribution in [2.75, 3.05) is 19.4 Å². The van der Waals surface area contributed by atoms with Gasteiger partial charge in [-0.3, -0.25) is 4.79 Å². The van der Waals surface area contributed by atoms with Crippen LogP contribution in [0.5, 0.6) is 0 Å². The molecular formula is C22H24N2O4S. The molecule has 0 bridgehead atoms. The Hall–Kier alpha value is -2.64. The fourth-order valence-electron chi connectivity index (χ4n) is 3.76. The van der Waals surface area contributed by atoms with Gasteiger partial charge in [0.15, 0.2) is 0 Å². The predicted octanol–water partition coefficient (Wildman–Crippen LogP) is 3.66. The molecular weight excluding hydrogens is 388 g/mol. The zero-order valence-electron chi connectivity index (χ0n) is 16.8. The highest BCUT2D eigenvalue weighted by Gasteiger charge is 2.20. The molecule has 1 N–H and O–H groups in total. The number of fused-ring (bicyclic) bond motifs is 2. The third-order valence-electron chi connectivity index (χ3n) is 5.48. The van der Waals surface area contributed by atoms with E-state index in [4.69, 9.17) is 4.42 Å². The normalized spacial score (nSPS) is 13.8. The van der Waals surface area contributed by atoms with Crippen LogP contribution in [0.25, 0.3) is 11.0 Å². The molecule has 0 fully saturated rings. The molecule has 0 aliphatic heterocycles. The van der Waals surface area contributed by atoms with Crippen LogP contribution in [0.3, 0.4) is 0 Å². The lowest BCUT2D eigenvalue weighted by Crippen LogP contribution is -2.22. The maximum Gasteiger partial charge on any atom is 0.242 e. The second-order valence-electron chi connectivity index (χ2n) is 7.72. The van der Waals surface area contributed by atoms with Gasteiger partial charge in [-0.1, -0.05) is 6.07 Å². The summed E-state index contributed by atoms with van der Waals surface area (Å²) in [4.78, 5) is 12.8. The fourth-order valence-corrected chi connectivity index (χ4v) is 4.69. The van der Waals surface area contributed by atoms with E-state index in [0.29, 0.717) is 5.69 Å². The van der Waals surface area contributed by atoms with E-state index < -0.39 is 10.0 Å². The summed E-state index contributed by atoms with van der Waals surface area (Å²) in [5.41, 5.74) is 5.60. The second kappa shape index (κ2) is 7.31. The minimum atomic E-state index is -3.57. The summed E-state index contributed by atoms with van der Waals surface area (Å²) in [5, 5.41) is 3.83. The highest BCUT2D eigenvalue weighted by atomic mass is 32.2. The van der Waals surface area contributed by atoms with E-state index >= 15 is 0 Å². The maximum atomic E-state index is 12.7. The minimum absolute atomic E-state index is 0.146. The zero-order valence-corrected chi connectivity index (χ0v) is 17.6. The molecule has 29 heavy (non-hydrogen) atoms. The number of benzene rings is 2. The number of amides is 1. The lowest BCUT2D eigenvalue weighted by molar-refractivity contribution is -0.115. The van der Waals surface area contributed by atoms with Crippen LogP contribution in [0.1, 0.15) is 28.7 Å². The van der Waals surface area contributed by atoms with E-state index in [-0.39, 0.29) is 17.2 Å². The molecule has 1 aromatic heterocycles. The molecule has 2 aromatic carbocycles. The highest BCUT2D eigenvalue weighted by Crippen LogP contribution is 2.31. The van der Waals surface area contributed by atoms with Crippen molar-refractivity contribution in [3.05, 3.63) is 58.8 Å². The lowest BCUT2D eigenvalue weighted by atomic mass is 10.0. The molecule has 0 atom stereocenters. The molecule has 0 unspecified atom stereocenters. The molecule has 0 saturated heterocycles. The van der Waals surface area contributed by atoms with Gasteiger partial charge in [0.25, 0.3) is 0 Å². The number of nitrogens with zero attached hydrogens (tertiary/aromatic N) is 1. The van der Waals surface area contributed by atoms with Gasteiger partial charge < -0.3 is 9.73 Å². The van der Waals surface area contributed by atoms with E-state index in [2.05, 4.69) is 17.4 Å². The summed E-state index contributed by atoms with van der Waals surface area (Å²) in [6, 6.07) is 8.97. The molecule has 1 heterocycles. The van der Waals surface area contributed by atoms with Gasteiger partial charge >= 0.3 is 0 Å². The van der Waals surface area contributed by atoms with Crippen molar-refractivity contribution < 1.29 is 17.6 Å². The summed E-state index contributed by atoms with van der Waals surface area (Å²) in [6.45, 7) is 1.83. The molecule has 1 aliphatic rings. The molecule has 1 aliphatic carbocycles. The standard InChI is InChI=1S/C22H24N2O4S/c1-14-7-8-18(29(26,27)24(2)3)12-20(14)23-22(25)11-17-13-28-21-10-16-6-4-5-15(16)9-19(17)21/h7-10,12-13H,4-6,11H2,1-3H3,(H,23,25). The third-order valence-corrected chi connectivity index (χ3v) is 7.29. The number of nitrogens with one attached hydrogen (secondary N) is 1. The van der Waals surface area contributed by atoms with Crippen molar-refractivity contribution in [2.24, 2.45) is 0 Å². The average Bonchev–Trinajstić information content (AvgIpc) is 3.28. The van der Waals surface area contributed by atoms with E-state index in [0.717, 1.165) is 45.7 Å². The van der Waals surface area contributed by atoms with Crippen molar-refractivity contribution in [1.82, 2.24) is 4.31 Å². The summed E-state index contributed by atoms with van der Waals surface area (Å²) in [5.74, 6) is -0.212. The maximum absolute atomic E-state index is 12.7. The molecule has 6 nitrogen and oxygen atoms in total. The van der Waals surface area contributed by atoms with Gasteiger partial charge in [-0.2, -0.15) is 0 Å². The van der Waals surface area contributed by atoms with Gasteiger partial charge in [-0.05, 0) is 67.1 Å². The van der Waals surface area contributed by atoms with Crippen LogP contribution >= 0.6 is 0 Å². The van der Waals surface area contributed by atoms with Crippen LogP contribution in [-0.4, -0.2) is 32.7 Å². The number of anilines is 1. The van der Waals surface area contributed by atoms with Gasteiger partial charge in [0.2, 0.25) is 15.9 Å². The first-order valence-corrected chi connectivity index (χ1v) is 11.0. The Bertz CT molecular complexity index is 1210. The number of rotatable bonds is 5. The Labute approximate surface area is 170 Å². The van der Waals surface area contributed by atoms with E-state index in [1.165, 1.54) is 31.3 Å². The van der Waals surface area contributed by atoms with E-state index in [1.807, 2.05) is 6.92 Å². The first-order chi connectivity index (χ1) is 13.8. The Morgan fingerprint density at radius 1 is 1.14 bits per heavy atom. The molecule has 0 saturated carbocycles. The number of carbonyl (C=O) groups excluding carboxylic acids is 1. The molecule has 4 rings (SSSR count). The summed E-state index contributed by atoms with van der Waals surface area (Å²) in [6.07, 6.45) is 5.10. The predicted molar refractivity (Wildman–Crippen MR) is 113 cm³/mol. The van der Waals surface area contributed by atoms with Crippen molar-refractivity contribution in [2.45, 2.75) is 37.5 Å². The molecule has 152 valence electrons. The fraction of sp³-hybridized carbons (Fsp3) is 0.318. The van der Waals surface area contributed by atoms with Gasteiger partial charge in [0.1, 0.15) is 5.58 Å². The SMILES string of the molecule is Cc1ccc(S(=O)(=O)N(C)C)cc1NC(=O)Cc1coc2cc3c(cc12)CCC3. The first-order valence-electron chi connectivity index (χ1n) is 9.60. The number of hydrogen-bond acceptors (Lipinski definition) is 4. The Morgan fingerprint density at radius 3 is 2.59 bits per heavy atom. The van der Waals surface area contributed by atoms with Crippen molar-refractivity contribution in [3.8, 4) is 0 Å². The van der Waals surface area contributed by atoms with Gasteiger partial charge in [-0.15, -0.1) is 0 Å². The zero-order chi connectivity index (χ0) is 20.8. The lowest BCUT2D eigenvalue weighted by Gasteiger charge is -2.14. The Kier molecular flexibility index (Phi) is 4.96. The van der Waals surface area contributed by atoms with Gasteiger partial charge in [0, 0.05) is 30.7 Å². The number of aryl methyl sites for hydroxylation is 3. The van der Waals surface area contributed by atoms with Crippen LogP contribution in [0.4, 0.5) is 5.69 Å². The third kappa shape index (κ3) is 3.68. The Balaban J connectivity index is 1.57. The number of furan rings is 1. The minimum Gasteiger partial charge on any atom is -0.464 e. The van der Waals surface area contributed by atoms with Crippen LogP contribution in [0.15, 0.2) is 45.9 Å². The number of sulfonamides is 1. The molecule has 1 amide bonds. The van der Waals surface area contributed by atoms with Crippen LogP contribution < -0.4 is 5.32 Å². The molecule has 3 aromatic rings. The first kappa shape index (κ1) is 19.7. The van der Waals surface area contributed by atoms with Gasteiger partial charge in [0.05, 0.1) is 17.6 Å².